The molecule has 15 heteroatoms. The Labute approximate surface area is 310 Å². The van der Waals surface area contributed by atoms with Crippen molar-refractivity contribution in [1.29, 1.82) is 0 Å². The number of benzene rings is 2. The second-order valence-corrected chi connectivity index (χ2v) is 14.7. The van der Waals surface area contributed by atoms with E-state index < -0.39 is 35.2 Å². The van der Waals surface area contributed by atoms with E-state index in [0.717, 1.165) is 16.2 Å². The van der Waals surface area contributed by atoms with Gasteiger partial charge in [-0.05, 0) is 96.2 Å². The minimum Gasteiger partial charge on any atom is -0.491 e. The highest BCUT2D eigenvalue weighted by Crippen LogP contribution is 2.26. The lowest BCUT2D eigenvalue weighted by Gasteiger charge is -2.37. The largest absolute Gasteiger partial charge is 0.491 e. The van der Waals surface area contributed by atoms with Crippen LogP contribution in [0.5, 0.6) is 5.75 Å². The van der Waals surface area contributed by atoms with E-state index >= 15 is 0 Å². The van der Waals surface area contributed by atoms with Crippen LogP contribution in [-0.2, 0) is 32.1 Å². The van der Waals surface area contributed by atoms with E-state index in [1.54, 1.807) is 65.8 Å². The van der Waals surface area contributed by atoms with Gasteiger partial charge in [0.2, 0.25) is 11.9 Å². The molecule has 0 fully saturated rings. The normalized spacial score (nSPS) is 14.4. The summed E-state index contributed by atoms with van der Waals surface area (Å²) in [5.41, 5.74) is 1.51. The van der Waals surface area contributed by atoms with E-state index in [1.165, 1.54) is 6.92 Å². The fourth-order valence-electron chi connectivity index (χ4n) is 5.71. The van der Waals surface area contributed by atoms with Gasteiger partial charge in [-0.15, -0.1) is 5.06 Å². The molecule has 0 radical (unpaired) electrons. The van der Waals surface area contributed by atoms with Crippen LogP contribution < -0.4 is 15.4 Å². The summed E-state index contributed by atoms with van der Waals surface area (Å²) in [4.78, 5) is 75.9. The summed E-state index contributed by atoms with van der Waals surface area (Å²) in [6.45, 7) is 15.1. The third kappa shape index (κ3) is 12.5. The molecule has 2 aromatic carbocycles. The molecule has 2 heterocycles. The van der Waals surface area contributed by atoms with Crippen LogP contribution in [0.25, 0.3) is 0 Å². The van der Waals surface area contributed by atoms with Crippen LogP contribution in [0.3, 0.4) is 0 Å². The molecule has 0 saturated carbocycles. The van der Waals surface area contributed by atoms with Gasteiger partial charge in [-0.25, -0.2) is 9.59 Å². The standard InChI is InChI=1S/C38H52N6O9/c1-26(45)41-34(42(19-10-17-39-35(48)52-37(2,3)4)20-11-18-40-36(49)53-38(5,6)7)43-21-16-27-24-29(15-14-28(27)25-43)50-22-23-51-44-32(46)30-12-8-9-13-31(30)33(44)47/h8-9,12-15,24H,10-11,16-23,25H2,1-7H3,(H,39,48)(H,40,49). The van der Waals surface area contributed by atoms with Gasteiger partial charge in [0.15, 0.2) is 0 Å². The van der Waals surface area contributed by atoms with Crippen molar-refractivity contribution < 1.29 is 43.0 Å². The molecule has 4 rings (SSSR count). The zero-order chi connectivity index (χ0) is 38.8. The molecule has 2 N–H and O–H groups in total. The zero-order valence-electron chi connectivity index (χ0n) is 31.8. The maximum atomic E-state index is 12.5. The first-order valence-corrected chi connectivity index (χ1v) is 17.9. The molecule has 15 nitrogen and oxygen atoms in total. The molecule has 0 aromatic heterocycles. The topological polar surface area (TPSA) is 168 Å². The maximum absolute atomic E-state index is 12.5. The number of alkyl carbamates (subject to hydrolysis) is 2. The number of nitrogens with one attached hydrogen (secondary N) is 2. The summed E-state index contributed by atoms with van der Waals surface area (Å²) in [5.74, 6) is -0.197. The van der Waals surface area contributed by atoms with E-state index in [1.807, 2.05) is 23.1 Å². The molecule has 0 atom stereocenters. The number of carbonyl (C=O) groups excluding carboxylic acids is 5. The van der Waals surface area contributed by atoms with Gasteiger partial charge in [-0.1, -0.05) is 18.2 Å². The number of fused-ring (bicyclic) bond motifs is 2. The predicted octanol–water partition coefficient (Wildman–Crippen LogP) is 4.69. The van der Waals surface area contributed by atoms with Gasteiger partial charge in [0.05, 0.1) is 11.1 Å². The van der Waals surface area contributed by atoms with Gasteiger partial charge in [-0.2, -0.15) is 4.99 Å². The van der Waals surface area contributed by atoms with Crippen molar-refractivity contribution in [3.8, 4) is 5.75 Å². The van der Waals surface area contributed by atoms with E-state index in [4.69, 9.17) is 19.0 Å². The number of hydrogen-bond donors (Lipinski definition) is 2. The Morgan fingerprint density at radius 3 is 1.91 bits per heavy atom. The lowest BCUT2D eigenvalue weighted by Crippen LogP contribution is -2.48. The molecule has 0 aliphatic carbocycles. The molecule has 53 heavy (non-hydrogen) atoms. The number of guanidine groups is 1. The molecule has 0 unspecified atom stereocenters. The van der Waals surface area contributed by atoms with Gasteiger partial charge >= 0.3 is 12.2 Å². The Morgan fingerprint density at radius 1 is 0.811 bits per heavy atom. The Balaban J connectivity index is 1.36. The van der Waals surface area contributed by atoms with Crippen molar-refractivity contribution in [2.24, 2.45) is 4.99 Å². The first kappa shape index (κ1) is 40.6. The van der Waals surface area contributed by atoms with E-state index in [-0.39, 0.29) is 19.1 Å². The fourth-order valence-corrected chi connectivity index (χ4v) is 5.71. The summed E-state index contributed by atoms with van der Waals surface area (Å²) < 4.78 is 16.6. The van der Waals surface area contributed by atoms with Crippen LogP contribution in [0, 0.1) is 0 Å². The minimum atomic E-state index is -0.616. The number of nitrogens with zero attached hydrogens (tertiary/aromatic N) is 4. The average Bonchev–Trinajstić information content (AvgIpc) is 3.31. The van der Waals surface area contributed by atoms with Crippen molar-refractivity contribution in [3.63, 3.8) is 0 Å². The van der Waals surface area contributed by atoms with Crippen molar-refractivity contribution in [2.45, 2.75) is 85.5 Å². The van der Waals surface area contributed by atoms with Gasteiger partial charge < -0.3 is 34.6 Å². The third-order valence-corrected chi connectivity index (χ3v) is 7.89. The smallest absolute Gasteiger partial charge is 0.407 e. The number of ether oxygens (including phenoxy) is 3. The molecular weight excluding hydrogens is 684 g/mol. The van der Waals surface area contributed by atoms with Crippen LogP contribution in [0.4, 0.5) is 9.59 Å². The molecule has 5 amide bonds. The Bertz CT molecular complexity index is 1610. The number of hydroxylamine groups is 2. The maximum Gasteiger partial charge on any atom is 0.407 e. The lowest BCUT2D eigenvalue weighted by molar-refractivity contribution is -0.115. The zero-order valence-corrected chi connectivity index (χ0v) is 31.8. The van der Waals surface area contributed by atoms with E-state index in [9.17, 15) is 24.0 Å². The molecule has 0 saturated heterocycles. The molecule has 0 bridgehead atoms. The second-order valence-electron chi connectivity index (χ2n) is 14.7. The van der Waals surface area contributed by atoms with Crippen molar-refractivity contribution in [2.75, 3.05) is 45.9 Å². The van der Waals surface area contributed by atoms with Gasteiger partial charge in [0, 0.05) is 46.2 Å². The molecule has 0 spiro atoms. The number of amides is 5. The monoisotopic (exact) mass is 736 g/mol. The summed E-state index contributed by atoms with van der Waals surface area (Å²) >= 11 is 0. The molecular formula is C38H52N6O9. The highest BCUT2D eigenvalue weighted by atomic mass is 16.7. The Morgan fingerprint density at radius 2 is 1.38 bits per heavy atom. The van der Waals surface area contributed by atoms with Crippen molar-refractivity contribution in [3.05, 3.63) is 64.7 Å². The van der Waals surface area contributed by atoms with Crippen LogP contribution in [-0.4, -0.2) is 108 Å². The summed E-state index contributed by atoms with van der Waals surface area (Å²) in [6, 6.07) is 12.3. The second kappa shape index (κ2) is 18.0. The average molecular weight is 737 g/mol. The Hall–Kier alpha value is -5.18. The summed E-state index contributed by atoms with van der Waals surface area (Å²) in [6.07, 6.45) is 0.752. The number of carbonyl (C=O) groups is 5. The minimum absolute atomic E-state index is 0.00236. The lowest BCUT2D eigenvalue weighted by atomic mass is 9.99. The molecule has 2 aromatic rings. The first-order chi connectivity index (χ1) is 25.0. The van der Waals surface area contributed by atoms with E-state index in [0.29, 0.717) is 81.4 Å². The highest BCUT2D eigenvalue weighted by molar-refractivity contribution is 6.20. The van der Waals surface area contributed by atoms with E-state index in [2.05, 4.69) is 20.5 Å². The predicted molar refractivity (Wildman–Crippen MR) is 196 cm³/mol. The summed E-state index contributed by atoms with van der Waals surface area (Å²) in [7, 11) is 0. The Kier molecular flexibility index (Phi) is 13.8. The van der Waals surface area contributed by atoms with Gasteiger partial charge in [-0.3, -0.25) is 19.2 Å². The number of hydrogen-bond acceptors (Lipinski definition) is 9. The van der Waals surface area contributed by atoms with Crippen molar-refractivity contribution in [1.82, 2.24) is 25.5 Å². The first-order valence-electron chi connectivity index (χ1n) is 17.9. The SMILES string of the molecule is CC(=O)N=C(N(CCCNC(=O)OC(C)(C)C)CCCNC(=O)OC(C)(C)C)N1CCc2cc(OCCON3C(=O)c4ccccc4C3=O)ccc2C1. The van der Waals surface area contributed by atoms with Crippen LogP contribution in [0.2, 0.25) is 0 Å². The number of aliphatic imine (C=N–C) groups is 1. The molecule has 2 aliphatic rings. The number of imide groups is 1. The van der Waals surface area contributed by atoms with Crippen molar-refractivity contribution >= 4 is 35.9 Å². The summed E-state index contributed by atoms with van der Waals surface area (Å²) in [5, 5.41) is 6.34. The van der Waals surface area contributed by atoms with Crippen LogP contribution in [0.1, 0.15) is 93.2 Å². The molecule has 288 valence electrons. The van der Waals surface area contributed by atoms with Gasteiger partial charge in [0.25, 0.3) is 11.8 Å². The molecule has 2 aliphatic heterocycles. The fraction of sp³-hybridized carbons (Fsp3) is 0.526. The van der Waals surface area contributed by atoms with Crippen LogP contribution >= 0.6 is 0 Å². The third-order valence-electron chi connectivity index (χ3n) is 7.89. The number of rotatable bonds is 13. The van der Waals surface area contributed by atoms with Crippen LogP contribution in [0.15, 0.2) is 47.5 Å². The van der Waals surface area contributed by atoms with Gasteiger partial charge in [0.1, 0.15) is 30.2 Å². The quantitative estimate of drug-likeness (QED) is 0.127. The highest BCUT2D eigenvalue weighted by Gasteiger charge is 2.36.